The molecule has 0 spiro atoms. The fourth-order valence-corrected chi connectivity index (χ4v) is 3.66. The number of H-pyrrole nitrogens is 1. The number of hydrogen-bond donors (Lipinski definition) is 4. The number of carbonyl (C=O) groups is 2. The molecule has 4 rings (SSSR count). The van der Waals surface area contributed by atoms with Crippen LogP contribution < -0.4 is 16.0 Å². The van der Waals surface area contributed by atoms with Crippen LogP contribution in [0.15, 0.2) is 72.8 Å². The number of anilines is 2. The summed E-state index contributed by atoms with van der Waals surface area (Å²) in [4.78, 5) is 27.5. The summed E-state index contributed by atoms with van der Waals surface area (Å²) in [5, 5.41) is 8.78. The fourth-order valence-electron chi connectivity index (χ4n) is 3.66. The molecule has 6 nitrogen and oxygen atoms in total. The summed E-state index contributed by atoms with van der Waals surface area (Å²) in [5.41, 5.74) is 4.74. The summed E-state index contributed by atoms with van der Waals surface area (Å²) < 4.78 is 13.9. The number of hydrogen-bond acceptors (Lipinski definition) is 2. The van der Waals surface area contributed by atoms with Gasteiger partial charge in [-0.1, -0.05) is 36.4 Å². The standard InChI is InChI=1S/C25H23FN4O2/c1-27-25(32)29-19-9-5-8-18(15-19)28-23(31)13-11-20-21-14-17(26)10-12-22(21)30-24(20)16-6-3-2-4-7-16/h2-10,12,14-15,30H,11,13H2,1H3,(H,28,31)(H2,27,29,32). The number of aromatic nitrogens is 1. The molecule has 0 radical (unpaired) electrons. The predicted octanol–water partition coefficient (Wildman–Crippen LogP) is 5.30. The second-order valence-corrected chi connectivity index (χ2v) is 7.37. The van der Waals surface area contributed by atoms with E-state index in [0.717, 1.165) is 27.7 Å². The number of amides is 3. The molecule has 3 aromatic carbocycles. The Kier molecular flexibility index (Phi) is 6.17. The van der Waals surface area contributed by atoms with Crippen molar-refractivity contribution in [3.05, 3.63) is 84.2 Å². The Bertz CT molecular complexity index is 1270. The van der Waals surface area contributed by atoms with E-state index in [0.29, 0.717) is 17.8 Å². The first kappa shape index (κ1) is 21.1. The van der Waals surface area contributed by atoms with Gasteiger partial charge in [0.25, 0.3) is 0 Å². The molecule has 0 atom stereocenters. The highest BCUT2D eigenvalue weighted by Gasteiger charge is 2.15. The van der Waals surface area contributed by atoms with Gasteiger partial charge >= 0.3 is 6.03 Å². The van der Waals surface area contributed by atoms with Gasteiger partial charge < -0.3 is 20.9 Å². The third-order valence-electron chi connectivity index (χ3n) is 5.16. The average molecular weight is 430 g/mol. The zero-order valence-electron chi connectivity index (χ0n) is 17.5. The van der Waals surface area contributed by atoms with Crippen LogP contribution in [0.25, 0.3) is 22.2 Å². The van der Waals surface area contributed by atoms with Crippen molar-refractivity contribution in [3.63, 3.8) is 0 Å². The van der Waals surface area contributed by atoms with Crippen molar-refractivity contribution in [2.75, 3.05) is 17.7 Å². The minimum Gasteiger partial charge on any atom is -0.354 e. The molecule has 0 aliphatic rings. The maximum absolute atomic E-state index is 13.9. The summed E-state index contributed by atoms with van der Waals surface area (Å²) in [6, 6.07) is 21.0. The minimum absolute atomic E-state index is 0.174. The van der Waals surface area contributed by atoms with Crippen LogP contribution in [0.1, 0.15) is 12.0 Å². The van der Waals surface area contributed by atoms with E-state index < -0.39 is 0 Å². The van der Waals surface area contributed by atoms with Crippen LogP contribution in [0.4, 0.5) is 20.6 Å². The molecular weight excluding hydrogens is 407 g/mol. The monoisotopic (exact) mass is 430 g/mol. The number of nitrogens with one attached hydrogen (secondary N) is 4. The van der Waals surface area contributed by atoms with E-state index in [1.807, 2.05) is 30.3 Å². The van der Waals surface area contributed by atoms with Crippen LogP contribution in [0.3, 0.4) is 0 Å². The average Bonchev–Trinajstić information content (AvgIpc) is 3.16. The lowest BCUT2D eigenvalue weighted by atomic mass is 10.0. The van der Waals surface area contributed by atoms with Gasteiger partial charge in [0.15, 0.2) is 0 Å². The van der Waals surface area contributed by atoms with Gasteiger partial charge in [0.1, 0.15) is 5.82 Å². The highest BCUT2D eigenvalue weighted by Crippen LogP contribution is 2.32. The predicted molar refractivity (Wildman–Crippen MR) is 125 cm³/mol. The lowest BCUT2D eigenvalue weighted by Gasteiger charge is -2.09. The van der Waals surface area contributed by atoms with E-state index >= 15 is 0 Å². The Balaban J connectivity index is 1.53. The summed E-state index contributed by atoms with van der Waals surface area (Å²) >= 11 is 0. The number of aromatic amines is 1. The third-order valence-corrected chi connectivity index (χ3v) is 5.16. The van der Waals surface area contributed by atoms with Gasteiger partial charge in [0.05, 0.1) is 0 Å². The molecule has 0 saturated carbocycles. The Hall–Kier alpha value is -4.13. The molecule has 7 heteroatoms. The van der Waals surface area contributed by atoms with Gasteiger partial charge in [-0.2, -0.15) is 0 Å². The topological polar surface area (TPSA) is 86.0 Å². The first-order chi connectivity index (χ1) is 15.5. The van der Waals surface area contributed by atoms with E-state index in [1.54, 1.807) is 30.3 Å². The van der Waals surface area contributed by atoms with Crippen LogP contribution >= 0.6 is 0 Å². The normalized spacial score (nSPS) is 10.7. The maximum atomic E-state index is 13.9. The number of urea groups is 1. The maximum Gasteiger partial charge on any atom is 0.318 e. The molecule has 162 valence electrons. The Labute approximate surface area is 184 Å². The van der Waals surface area contributed by atoms with Gasteiger partial charge in [-0.3, -0.25) is 4.79 Å². The van der Waals surface area contributed by atoms with Gasteiger partial charge in [-0.25, -0.2) is 9.18 Å². The van der Waals surface area contributed by atoms with Gasteiger partial charge in [0.2, 0.25) is 5.91 Å². The third kappa shape index (κ3) is 4.78. The Morgan fingerprint density at radius 1 is 0.906 bits per heavy atom. The van der Waals surface area contributed by atoms with E-state index in [2.05, 4.69) is 20.9 Å². The molecule has 4 aromatic rings. The van der Waals surface area contributed by atoms with Crippen molar-refractivity contribution in [1.82, 2.24) is 10.3 Å². The van der Waals surface area contributed by atoms with Crippen molar-refractivity contribution in [2.24, 2.45) is 0 Å². The van der Waals surface area contributed by atoms with E-state index in [4.69, 9.17) is 0 Å². The molecule has 0 aliphatic carbocycles. The smallest absolute Gasteiger partial charge is 0.318 e. The summed E-state index contributed by atoms with van der Waals surface area (Å²) in [7, 11) is 1.53. The van der Waals surface area contributed by atoms with Gasteiger partial charge in [0, 0.05) is 41.4 Å². The van der Waals surface area contributed by atoms with Crippen molar-refractivity contribution < 1.29 is 14.0 Å². The van der Waals surface area contributed by atoms with Crippen LogP contribution in [0.2, 0.25) is 0 Å². The lowest BCUT2D eigenvalue weighted by molar-refractivity contribution is -0.116. The largest absolute Gasteiger partial charge is 0.354 e. The highest BCUT2D eigenvalue weighted by molar-refractivity contribution is 5.95. The summed E-state index contributed by atoms with van der Waals surface area (Å²) in [6.45, 7) is 0. The zero-order valence-corrected chi connectivity index (χ0v) is 17.5. The van der Waals surface area contributed by atoms with E-state index in [9.17, 15) is 14.0 Å². The molecule has 0 bridgehead atoms. The Morgan fingerprint density at radius 2 is 1.66 bits per heavy atom. The summed E-state index contributed by atoms with van der Waals surface area (Å²) in [5.74, 6) is -0.492. The molecular formula is C25H23FN4O2. The van der Waals surface area contributed by atoms with Crippen LogP contribution in [-0.4, -0.2) is 24.0 Å². The SMILES string of the molecule is CNC(=O)Nc1cccc(NC(=O)CCc2c(-c3ccccc3)[nH]c3ccc(F)cc23)c1. The molecule has 4 N–H and O–H groups in total. The first-order valence-corrected chi connectivity index (χ1v) is 10.3. The molecule has 0 fully saturated rings. The minimum atomic E-state index is -0.339. The highest BCUT2D eigenvalue weighted by atomic mass is 19.1. The van der Waals surface area contributed by atoms with Crippen molar-refractivity contribution >= 4 is 34.2 Å². The molecule has 3 amide bonds. The lowest BCUT2D eigenvalue weighted by Crippen LogP contribution is -2.24. The van der Waals surface area contributed by atoms with Gasteiger partial charge in [-0.15, -0.1) is 0 Å². The summed E-state index contributed by atoms with van der Waals surface area (Å²) in [6.07, 6.45) is 0.659. The van der Waals surface area contributed by atoms with Crippen molar-refractivity contribution in [3.8, 4) is 11.3 Å². The second kappa shape index (κ2) is 9.34. The second-order valence-electron chi connectivity index (χ2n) is 7.37. The van der Waals surface area contributed by atoms with E-state index in [-0.39, 0.29) is 24.2 Å². The number of aryl methyl sites for hydroxylation is 1. The van der Waals surface area contributed by atoms with Crippen LogP contribution in [-0.2, 0) is 11.2 Å². The molecule has 0 aliphatic heterocycles. The van der Waals surface area contributed by atoms with Crippen LogP contribution in [0, 0.1) is 5.82 Å². The molecule has 32 heavy (non-hydrogen) atoms. The fraction of sp³-hybridized carbons (Fsp3) is 0.120. The number of fused-ring (bicyclic) bond motifs is 1. The van der Waals surface area contributed by atoms with Crippen molar-refractivity contribution in [2.45, 2.75) is 12.8 Å². The molecule has 1 heterocycles. The quantitative estimate of drug-likeness (QED) is 0.335. The van der Waals surface area contributed by atoms with E-state index in [1.165, 1.54) is 19.2 Å². The van der Waals surface area contributed by atoms with Crippen molar-refractivity contribution in [1.29, 1.82) is 0 Å². The number of carbonyl (C=O) groups excluding carboxylic acids is 2. The molecule has 1 aromatic heterocycles. The Morgan fingerprint density at radius 3 is 2.41 bits per heavy atom. The number of benzene rings is 3. The van der Waals surface area contributed by atoms with Crippen LogP contribution in [0.5, 0.6) is 0 Å². The number of rotatable bonds is 6. The van der Waals surface area contributed by atoms with Gasteiger partial charge in [-0.05, 0) is 53.9 Å². The zero-order chi connectivity index (χ0) is 22.5. The first-order valence-electron chi connectivity index (χ1n) is 10.3. The number of halogens is 1. The molecule has 0 unspecified atom stereocenters. The molecule has 0 saturated heterocycles.